The van der Waals surface area contributed by atoms with Gasteiger partial charge in [0.05, 0.1) is 0 Å². The Hall–Kier alpha value is -2.57. The lowest BCUT2D eigenvalue weighted by Gasteiger charge is -2.17. The van der Waals surface area contributed by atoms with Gasteiger partial charge in [0, 0.05) is 11.3 Å². The van der Waals surface area contributed by atoms with Crippen LogP contribution in [0.25, 0.3) is 0 Å². The van der Waals surface area contributed by atoms with Crippen molar-refractivity contribution >= 4 is 23.6 Å². The molecule has 1 aromatic rings. The third-order valence-electron chi connectivity index (χ3n) is 2.63. The van der Waals surface area contributed by atoms with Crippen molar-refractivity contribution in [2.75, 3.05) is 5.32 Å². The monoisotopic (exact) mass is 279 g/mol. The van der Waals surface area contributed by atoms with Crippen molar-refractivity contribution in [3.63, 3.8) is 0 Å². The first-order valence-electron chi connectivity index (χ1n) is 6.01. The molecule has 7 heteroatoms. The van der Waals surface area contributed by atoms with Crippen LogP contribution >= 0.6 is 0 Å². The lowest BCUT2D eigenvalue weighted by Crippen LogP contribution is -2.44. The van der Waals surface area contributed by atoms with Gasteiger partial charge in [-0.25, -0.2) is 9.59 Å². The number of benzene rings is 1. The SMILES string of the molecule is CC(C)C(NC(=O)c1ccc(NC(N)=O)cc1)C(=O)O. The first-order chi connectivity index (χ1) is 9.31. The normalized spacial score (nSPS) is 11.8. The minimum Gasteiger partial charge on any atom is -0.480 e. The molecule has 0 saturated carbocycles. The molecular formula is C13H17N3O4. The van der Waals surface area contributed by atoms with E-state index in [1.54, 1.807) is 13.8 Å². The summed E-state index contributed by atoms with van der Waals surface area (Å²) in [6.45, 7) is 3.41. The molecule has 0 aromatic heterocycles. The Balaban J connectivity index is 2.77. The second kappa shape index (κ2) is 6.55. The maximum Gasteiger partial charge on any atom is 0.326 e. The topological polar surface area (TPSA) is 122 Å². The van der Waals surface area contributed by atoms with Crippen LogP contribution in [0.5, 0.6) is 0 Å². The standard InChI is InChI=1S/C13H17N3O4/c1-7(2)10(12(18)19)16-11(17)8-3-5-9(6-4-8)15-13(14)20/h3-7,10H,1-2H3,(H,16,17)(H,18,19)(H3,14,15,20). The van der Waals surface area contributed by atoms with Crippen molar-refractivity contribution in [2.24, 2.45) is 11.7 Å². The second-order valence-corrected chi connectivity index (χ2v) is 4.60. The number of rotatable bonds is 5. The van der Waals surface area contributed by atoms with E-state index in [2.05, 4.69) is 10.6 Å². The lowest BCUT2D eigenvalue weighted by atomic mass is 10.0. The van der Waals surface area contributed by atoms with Gasteiger partial charge < -0.3 is 21.5 Å². The zero-order valence-corrected chi connectivity index (χ0v) is 11.2. The van der Waals surface area contributed by atoms with Crippen LogP contribution in [-0.4, -0.2) is 29.1 Å². The van der Waals surface area contributed by atoms with Crippen molar-refractivity contribution in [3.05, 3.63) is 29.8 Å². The number of carbonyl (C=O) groups excluding carboxylic acids is 2. The predicted octanol–water partition coefficient (Wildman–Crippen LogP) is 1.02. The molecule has 0 radical (unpaired) electrons. The highest BCUT2D eigenvalue weighted by Crippen LogP contribution is 2.10. The smallest absolute Gasteiger partial charge is 0.326 e. The van der Waals surface area contributed by atoms with E-state index in [1.807, 2.05) is 0 Å². The van der Waals surface area contributed by atoms with Crippen molar-refractivity contribution < 1.29 is 19.5 Å². The molecule has 0 aliphatic rings. The van der Waals surface area contributed by atoms with Crippen LogP contribution in [-0.2, 0) is 4.79 Å². The molecule has 1 unspecified atom stereocenters. The fourth-order valence-electron chi connectivity index (χ4n) is 1.59. The number of carboxylic acids is 1. The number of carbonyl (C=O) groups is 3. The van der Waals surface area contributed by atoms with Gasteiger partial charge in [-0.05, 0) is 30.2 Å². The highest BCUT2D eigenvalue weighted by Gasteiger charge is 2.23. The molecule has 0 heterocycles. The first-order valence-corrected chi connectivity index (χ1v) is 6.01. The van der Waals surface area contributed by atoms with E-state index in [-0.39, 0.29) is 5.92 Å². The van der Waals surface area contributed by atoms with Gasteiger partial charge in [0.25, 0.3) is 5.91 Å². The molecule has 0 fully saturated rings. The van der Waals surface area contributed by atoms with Crippen LogP contribution in [0.15, 0.2) is 24.3 Å². The molecule has 108 valence electrons. The maximum absolute atomic E-state index is 11.9. The second-order valence-electron chi connectivity index (χ2n) is 4.60. The lowest BCUT2D eigenvalue weighted by molar-refractivity contribution is -0.140. The number of hydrogen-bond donors (Lipinski definition) is 4. The van der Waals surface area contributed by atoms with Gasteiger partial charge in [0.2, 0.25) is 0 Å². The van der Waals surface area contributed by atoms with Gasteiger partial charge in [-0.2, -0.15) is 0 Å². The quantitative estimate of drug-likeness (QED) is 0.642. The van der Waals surface area contributed by atoms with Crippen molar-refractivity contribution in [1.29, 1.82) is 0 Å². The Morgan fingerprint density at radius 2 is 1.70 bits per heavy atom. The number of primary amides is 1. The number of amides is 3. The third-order valence-corrected chi connectivity index (χ3v) is 2.63. The van der Waals surface area contributed by atoms with Crippen LogP contribution in [0.2, 0.25) is 0 Å². The van der Waals surface area contributed by atoms with Crippen LogP contribution in [0.3, 0.4) is 0 Å². The highest BCUT2D eigenvalue weighted by atomic mass is 16.4. The molecule has 3 amide bonds. The van der Waals surface area contributed by atoms with E-state index in [0.717, 1.165) is 0 Å². The summed E-state index contributed by atoms with van der Waals surface area (Å²) < 4.78 is 0. The van der Waals surface area contributed by atoms with Gasteiger partial charge in [-0.1, -0.05) is 13.8 Å². The van der Waals surface area contributed by atoms with Gasteiger partial charge in [-0.15, -0.1) is 0 Å². The van der Waals surface area contributed by atoms with E-state index < -0.39 is 23.9 Å². The van der Waals surface area contributed by atoms with Gasteiger partial charge in [0.15, 0.2) is 0 Å². The minimum atomic E-state index is -1.08. The molecule has 20 heavy (non-hydrogen) atoms. The maximum atomic E-state index is 11.9. The van der Waals surface area contributed by atoms with E-state index in [1.165, 1.54) is 24.3 Å². The van der Waals surface area contributed by atoms with Crippen molar-refractivity contribution in [1.82, 2.24) is 5.32 Å². The molecule has 0 aliphatic heterocycles. The number of nitrogens with one attached hydrogen (secondary N) is 2. The molecule has 0 aliphatic carbocycles. The predicted molar refractivity (Wildman–Crippen MR) is 73.4 cm³/mol. The van der Waals surface area contributed by atoms with Crippen molar-refractivity contribution in [3.8, 4) is 0 Å². The summed E-state index contributed by atoms with van der Waals surface area (Å²) in [5.74, 6) is -1.80. The summed E-state index contributed by atoms with van der Waals surface area (Å²) >= 11 is 0. The van der Waals surface area contributed by atoms with Crippen molar-refractivity contribution in [2.45, 2.75) is 19.9 Å². The first kappa shape index (κ1) is 15.5. The number of nitrogens with two attached hydrogens (primary N) is 1. The number of carboxylic acid groups (broad SMARTS) is 1. The summed E-state index contributed by atoms with van der Waals surface area (Å²) in [6, 6.07) is 4.30. The van der Waals surface area contributed by atoms with E-state index in [0.29, 0.717) is 11.3 Å². The van der Waals surface area contributed by atoms with Crippen LogP contribution < -0.4 is 16.4 Å². The van der Waals surface area contributed by atoms with E-state index in [9.17, 15) is 14.4 Å². The largest absolute Gasteiger partial charge is 0.480 e. The number of hydrogen-bond acceptors (Lipinski definition) is 3. The molecule has 1 aromatic carbocycles. The molecule has 5 N–H and O–H groups in total. The summed E-state index contributed by atoms with van der Waals surface area (Å²) in [5, 5.41) is 13.8. The molecule has 1 rings (SSSR count). The summed E-state index contributed by atoms with van der Waals surface area (Å²) in [4.78, 5) is 33.6. The van der Waals surface area contributed by atoms with E-state index in [4.69, 9.17) is 10.8 Å². The van der Waals surface area contributed by atoms with Gasteiger partial charge in [0.1, 0.15) is 6.04 Å². The van der Waals surface area contributed by atoms with Crippen LogP contribution in [0.1, 0.15) is 24.2 Å². The number of aliphatic carboxylic acids is 1. The average molecular weight is 279 g/mol. The average Bonchev–Trinajstić information content (AvgIpc) is 2.35. The minimum absolute atomic E-state index is 0.229. The van der Waals surface area contributed by atoms with Crippen LogP contribution in [0.4, 0.5) is 10.5 Å². The molecule has 7 nitrogen and oxygen atoms in total. The molecule has 1 atom stereocenters. The third kappa shape index (κ3) is 4.27. The number of anilines is 1. The summed E-state index contributed by atoms with van der Waals surface area (Å²) in [7, 11) is 0. The van der Waals surface area contributed by atoms with Gasteiger partial charge >= 0.3 is 12.0 Å². The fraction of sp³-hybridized carbons (Fsp3) is 0.308. The van der Waals surface area contributed by atoms with E-state index >= 15 is 0 Å². The van der Waals surface area contributed by atoms with Gasteiger partial charge in [-0.3, -0.25) is 4.79 Å². The molecule has 0 saturated heterocycles. The summed E-state index contributed by atoms with van der Waals surface area (Å²) in [6.07, 6.45) is 0. The zero-order chi connectivity index (χ0) is 15.3. The molecule has 0 bridgehead atoms. The Morgan fingerprint density at radius 3 is 2.10 bits per heavy atom. The Morgan fingerprint density at radius 1 is 1.15 bits per heavy atom. The Kier molecular flexibility index (Phi) is 5.08. The summed E-state index contributed by atoms with van der Waals surface area (Å²) in [5.41, 5.74) is 5.71. The number of urea groups is 1. The Labute approximate surface area is 116 Å². The van der Waals surface area contributed by atoms with Crippen LogP contribution in [0, 0.1) is 5.92 Å². The molecule has 0 spiro atoms. The molecular weight excluding hydrogens is 262 g/mol. The Bertz CT molecular complexity index is 511. The highest BCUT2D eigenvalue weighted by molar-refractivity contribution is 5.97. The fourth-order valence-corrected chi connectivity index (χ4v) is 1.59. The zero-order valence-electron chi connectivity index (χ0n) is 11.2.